The van der Waals surface area contributed by atoms with Crippen LogP contribution in [0.4, 0.5) is 0 Å². The molecule has 0 saturated heterocycles. The van der Waals surface area contributed by atoms with E-state index >= 15 is 0 Å². The molecule has 0 unspecified atom stereocenters. The normalized spacial score (nSPS) is 16.0. The number of para-hydroxylation sites is 1. The first-order valence-corrected chi connectivity index (χ1v) is 15.7. The van der Waals surface area contributed by atoms with Gasteiger partial charge in [0.05, 0.1) is 5.52 Å². The van der Waals surface area contributed by atoms with Crippen molar-refractivity contribution in [2.24, 2.45) is 0 Å². The van der Waals surface area contributed by atoms with Gasteiger partial charge in [-0.3, -0.25) is 0 Å². The highest BCUT2D eigenvalue weighted by atomic mass is 32.2. The Kier molecular flexibility index (Phi) is 5.19. The predicted octanol–water partition coefficient (Wildman–Crippen LogP) is 5.98. The lowest BCUT2D eigenvalue weighted by atomic mass is 9.31. The lowest BCUT2D eigenvalue weighted by Gasteiger charge is -2.42. The van der Waals surface area contributed by atoms with Crippen molar-refractivity contribution in [3.05, 3.63) is 114 Å². The van der Waals surface area contributed by atoms with Gasteiger partial charge in [0.1, 0.15) is 12.7 Å². The molecule has 0 bridgehead atoms. The summed E-state index contributed by atoms with van der Waals surface area (Å²) in [7, 11) is 0. The molecular formula is C36H29BN4S. The number of fused-ring (bicyclic) bond motifs is 7. The summed E-state index contributed by atoms with van der Waals surface area (Å²) in [5.41, 5.74) is 13.6. The van der Waals surface area contributed by atoms with Gasteiger partial charge in [0, 0.05) is 37.5 Å². The third-order valence-corrected chi connectivity index (χ3v) is 10.9. The molecule has 0 N–H and O–H groups in total. The first kappa shape index (κ1) is 24.4. The van der Waals surface area contributed by atoms with Gasteiger partial charge in [-0.15, -0.1) is 0 Å². The molecule has 0 saturated carbocycles. The zero-order valence-corrected chi connectivity index (χ0v) is 24.6. The van der Waals surface area contributed by atoms with E-state index in [0.29, 0.717) is 5.82 Å². The molecule has 0 spiro atoms. The second-order valence-corrected chi connectivity index (χ2v) is 13.4. The summed E-state index contributed by atoms with van der Waals surface area (Å²) in [6.07, 6.45) is 8.01. The summed E-state index contributed by atoms with van der Waals surface area (Å²) < 4.78 is 2.56. The van der Waals surface area contributed by atoms with Crippen LogP contribution in [0, 0.1) is 0 Å². The average molecular weight is 561 g/mol. The molecule has 2 aromatic heterocycles. The Labute approximate surface area is 250 Å². The van der Waals surface area contributed by atoms with Crippen molar-refractivity contribution in [1.29, 1.82) is 0 Å². The molecule has 42 heavy (non-hydrogen) atoms. The van der Waals surface area contributed by atoms with Crippen molar-refractivity contribution in [2.45, 2.75) is 54.7 Å². The Morgan fingerprint density at radius 1 is 0.786 bits per heavy atom. The minimum Gasteiger partial charge on any atom is -0.313 e. The summed E-state index contributed by atoms with van der Waals surface area (Å²) in [5.74, 6) is 0.717. The maximum Gasteiger partial charge on any atom is 0.245 e. The number of benzene rings is 4. The van der Waals surface area contributed by atoms with Crippen LogP contribution in [0.3, 0.4) is 0 Å². The molecule has 1 aliphatic carbocycles. The maximum absolute atomic E-state index is 4.46. The fraction of sp³-hybridized carbons (Fsp3) is 0.194. The summed E-state index contributed by atoms with van der Waals surface area (Å²) in [5, 5.41) is 1.42. The van der Waals surface area contributed by atoms with Crippen molar-refractivity contribution in [1.82, 2.24) is 19.5 Å². The van der Waals surface area contributed by atoms with Crippen LogP contribution in [0.15, 0.2) is 101 Å². The first-order valence-electron chi connectivity index (χ1n) is 14.9. The molecular weight excluding hydrogens is 531 g/mol. The van der Waals surface area contributed by atoms with Crippen molar-refractivity contribution >= 4 is 45.8 Å². The molecule has 0 amide bonds. The van der Waals surface area contributed by atoms with Crippen LogP contribution < -0.4 is 16.4 Å². The van der Waals surface area contributed by atoms with Crippen LogP contribution in [0.2, 0.25) is 0 Å². The number of aryl methyl sites for hydroxylation is 1. The molecule has 0 radical (unpaired) electrons. The molecule has 202 valence electrons. The summed E-state index contributed by atoms with van der Waals surface area (Å²) in [6, 6.07) is 29.9. The van der Waals surface area contributed by atoms with Crippen LogP contribution in [0.1, 0.15) is 49.1 Å². The zero-order valence-electron chi connectivity index (χ0n) is 23.8. The van der Waals surface area contributed by atoms with Crippen LogP contribution in [0.5, 0.6) is 0 Å². The molecule has 6 heteroatoms. The lowest BCUT2D eigenvalue weighted by Crippen LogP contribution is -2.62. The first-order chi connectivity index (χ1) is 20.6. The Morgan fingerprint density at radius 3 is 2.55 bits per heavy atom. The van der Waals surface area contributed by atoms with Gasteiger partial charge in [-0.1, -0.05) is 84.5 Å². The Hall–Kier alpha value is -4.16. The standard InChI is InChI=1S/C36H29BN4S/c1-36(2)26-10-7-13-33-34(26)37(28-16-14-22(18-27(28)36)35-39-20-38-21-40-35)29-19-23(15-17-32(29)42-33)41-30-11-5-3-8-24(30)25-9-4-6-12-31(25)41/h3,5,7-8,10-11,13-21H,4,6,9,12H2,1-2H3. The van der Waals surface area contributed by atoms with Crippen molar-refractivity contribution in [3.8, 4) is 17.1 Å². The SMILES string of the molecule is CC1(C)c2cc(-c3ncncn3)ccc2B2c3cc(-n4c5c(c6ccccc64)CCCC5)ccc3Sc3cccc1c32. The van der Waals surface area contributed by atoms with E-state index in [1.807, 2.05) is 11.8 Å². The third-order valence-electron chi connectivity index (χ3n) is 9.78. The zero-order chi connectivity index (χ0) is 28.0. The lowest BCUT2D eigenvalue weighted by molar-refractivity contribution is 0.644. The van der Waals surface area contributed by atoms with Crippen LogP contribution in [-0.4, -0.2) is 26.2 Å². The van der Waals surface area contributed by atoms with Gasteiger partial charge in [0.15, 0.2) is 5.82 Å². The average Bonchev–Trinajstić information content (AvgIpc) is 3.37. The minimum atomic E-state index is -0.147. The molecule has 4 aromatic carbocycles. The van der Waals surface area contributed by atoms with Crippen LogP contribution in [0.25, 0.3) is 28.0 Å². The number of nitrogens with zero attached hydrogens (tertiary/aromatic N) is 4. The molecule has 3 aliphatic rings. The predicted molar refractivity (Wildman–Crippen MR) is 173 cm³/mol. The second kappa shape index (κ2) is 8.92. The van der Waals surface area contributed by atoms with E-state index in [-0.39, 0.29) is 12.1 Å². The highest BCUT2D eigenvalue weighted by molar-refractivity contribution is 8.00. The Balaban J connectivity index is 1.28. The largest absolute Gasteiger partial charge is 0.313 e. The van der Waals surface area contributed by atoms with Gasteiger partial charge in [-0.2, -0.15) is 0 Å². The summed E-state index contributed by atoms with van der Waals surface area (Å²) in [4.78, 5) is 15.7. The molecule has 0 fully saturated rings. The van der Waals surface area contributed by atoms with Gasteiger partial charge >= 0.3 is 0 Å². The third kappa shape index (κ3) is 3.36. The molecule has 2 aliphatic heterocycles. The fourth-order valence-electron chi connectivity index (χ4n) is 7.88. The summed E-state index contributed by atoms with van der Waals surface area (Å²) in [6.45, 7) is 4.91. The van der Waals surface area contributed by atoms with Gasteiger partial charge in [0.2, 0.25) is 6.71 Å². The van der Waals surface area contributed by atoms with Crippen molar-refractivity contribution < 1.29 is 0 Å². The van der Waals surface area contributed by atoms with E-state index in [1.54, 1.807) is 18.2 Å². The molecule has 0 atom stereocenters. The van der Waals surface area contributed by atoms with E-state index in [9.17, 15) is 0 Å². The van der Waals surface area contributed by atoms with Gasteiger partial charge in [-0.05, 0) is 78.8 Å². The van der Waals surface area contributed by atoms with Crippen molar-refractivity contribution in [2.75, 3.05) is 0 Å². The molecule has 4 heterocycles. The number of hydrogen-bond donors (Lipinski definition) is 0. The van der Waals surface area contributed by atoms with Gasteiger partial charge < -0.3 is 4.57 Å². The summed E-state index contributed by atoms with van der Waals surface area (Å²) >= 11 is 1.93. The highest BCUT2D eigenvalue weighted by Gasteiger charge is 2.44. The topological polar surface area (TPSA) is 43.6 Å². The fourth-order valence-corrected chi connectivity index (χ4v) is 9.03. The van der Waals surface area contributed by atoms with Gasteiger partial charge in [0.25, 0.3) is 0 Å². The number of aromatic nitrogens is 4. The van der Waals surface area contributed by atoms with Crippen molar-refractivity contribution in [3.63, 3.8) is 0 Å². The molecule has 6 aromatic rings. The smallest absolute Gasteiger partial charge is 0.245 e. The van der Waals surface area contributed by atoms with E-state index in [2.05, 4.69) is 112 Å². The van der Waals surface area contributed by atoms with Crippen LogP contribution in [-0.2, 0) is 18.3 Å². The monoisotopic (exact) mass is 560 g/mol. The van der Waals surface area contributed by atoms with E-state index < -0.39 is 0 Å². The second-order valence-electron chi connectivity index (χ2n) is 12.3. The molecule has 4 nitrogen and oxygen atoms in total. The quantitative estimate of drug-likeness (QED) is 0.244. The Morgan fingerprint density at radius 2 is 1.64 bits per heavy atom. The van der Waals surface area contributed by atoms with E-state index in [1.165, 1.54) is 78.9 Å². The Bertz CT molecular complexity index is 2060. The number of rotatable bonds is 2. The minimum absolute atomic E-state index is 0.147. The van der Waals surface area contributed by atoms with E-state index in [4.69, 9.17) is 0 Å². The van der Waals surface area contributed by atoms with E-state index in [0.717, 1.165) is 12.0 Å². The van der Waals surface area contributed by atoms with Crippen LogP contribution >= 0.6 is 11.8 Å². The highest BCUT2D eigenvalue weighted by Crippen LogP contribution is 2.41. The van der Waals surface area contributed by atoms with Gasteiger partial charge in [-0.25, -0.2) is 15.0 Å². The number of hydrogen-bond acceptors (Lipinski definition) is 4. The molecule has 9 rings (SSSR count). The maximum atomic E-state index is 4.46.